The Hall–Kier alpha value is -0.337. The Balaban J connectivity index is 0.00000121. The molecule has 1 aromatic carbocycles. The second kappa shape index (κ2) is 5.33. The molecule has 0 aliphatic carbocycles. The summed E-state index contributed by atoms with van der Waals surface area (Å²) < 4.78 is 4.51. The van der Waals surface area contributed by atoms with Crippen LogP contribution in [0.3, 0.4) is 0 Å². The van der Waals surface area contributed by atoms with Gasteiger partial charge in [-0.25, -0.2) is 4.79 Å². The molecule has 0 N–H and O–H groups in total. The third-order valence-corrected chi connectivity index (χ3v) is 1.59. The van der Waals surface area contributed by atoms with Crippen LogP contribution in [0.15, 0.2) is 29.2 Å². The quantitative estimate of drug-likeness (QED) is 0.455. The van der Waals surface area contributed by atoms with E-state index in [1.165, 1.54) is 7.11 Å². The summed E-state index contributed by atoms with van der Waals surface area (Å²) in [6, 6.07) is 6.84. The van der Waals surface area contributed by atoms with Crippen molar-refractivity contribution in [2.45, 2.75) is 4.90 Å². The van der Waals surface area contributed by atoms with Crippen LogP contribution in [0.2, 0.25) is 0 Å². The van der Waals surface area contributed by atoms with Crippen molar-refractivity contribution in [3.63, 3.8) is 0 Å². The van der Waals surface area contributed by atoms with Crippen LogP contribution in [0.1, 0.15) is 10.4 Å². The summed E-state index contributed by atoms with van der Waals surface area (Å²) >= 11 is 4.08. The van der Waals surface area contributed by atoms with Gasteiger partial charge in [0.15, 0.2) is 0 Å². The van der Waals surface area contributed by atoms with E-state index in [-0.39, 0.29) is 25.4 Å². The van der Waals surface area contributed by atoms with Gasteiger partial charge in [-0.2, -0.15) is 0 Å². The third kappa shape index (κ3) is 2.96. The van der Waals surface area contributed by atoms with E-state index in [0.29, 0.717) is 5.56 Å². The Morgan fingerprint density at radius 2 is 1.83 bits per heavy atom. The Morgan fingerprint density at radius 3 is 2.25 bits per heavy atom. The smallest absolute Gasteiger partial charge is 0.337 e. The first kappa shape index (κ1) is 11.7. The van der Waals surface area contributed by atoms with Crippen molar-refractivity contribution < 1.29 is 29.0 Å². The van der Waals surface area contributed by atoms with Crippen LogP contribution in [0.4, 0.5) is 0 Å². The average molecular weight is 234 g/mol. The maximum absolute atomic E-state index is 10.9. The van der Waals surface area contributed by atoms with Crippen molar-refractivity contribution >= 4 is 18.6 Å². The molecule has 0 bridgehead atoms. The van der Waals surface area contributed by atoms with Gasteiger partial charge < -0.3 is 4.74 Å². The molecule has 0 fully saturated rings. The molecule has 0 atom stereocenters. The van der Waals surface area contributed by atoms with E-state index in [9.17, 15) is 4.79 Å². The molecule has 0 aliphatic rings. The second-order valence-electron chi connectivity index (χ2n) is 2.04. The molecule has 0 unspecified atom stereocenters. The first-order valence-electron chi connectivity index (χ1n) is 3.11. The van der Waals surface area contributed by atoms with Crippen LogP contribution in [0.5, 0.6) is 0 Å². The largest absolute Gasteiger partial charge is 0.465 e. The van der Waals surface area contributed by atoms with Gasteiger partial charge in [0.2, 0.25) is 0 Å². The van der Waals surface area contributed by atoms with Crippen LogP contribution in [0, 0.1) is 0 Å². The summed E-state index contributed by atoms with van der Waals surface area (Å²) in [6.07, 6.45) is 0. The number of rotatable bonds is 1. The molecule has 0 amide bonds. The predicted molar refractivity (Wildman–Crippen MR) is 45.0 cm³/mol. The summed E-state index contributed by atoms with van der Waals surface area (Å²) in [6.45, 7) is 0. The summed E-state index contributed by atoms with van der Waals surface area (Å²) in [5, 5.41) is 0. The van der Waals surface area contributed by atoms with Gasteiger partial charge in [0.1, 0.15) is 0 Å². The van der Waals surface area contributed by atoms with Crippen LogP contribution in [-0.4, -0.2) is 13.1 Å². The second-order valence-corrected chi connectivity index (χ2v) is 2.55. The molecule has 60 valence electrons. The molecule has 0 saturated carbocycles. The number of ether oxygens (including phenoxy) is 1. The van der Waals surface area contributed by atoms with E-state index in [4.69, 9.17) is 0 Å². The van der Waals surface area contributed by atoms with E-state index in [1.807, 2.05) is 0 Å². The van der Waals surface area contributed by atoms with Crippen molar-refractivity contribution in [2.24, 2.45) is 0 Å². The number of carbonyl (C=O) groups is 1. The summed E-state index contributed by atoms with van der Waals surface area (Å²) in [5.74, 6) is -0.321. The van der Waals surface area contributed by atoms with Crippen molar-refractivity contribution in [3.8, 4) is 0 Å². The Kier molecular flexibility index (Phi) is 5.18. The molecule has 1 rings (SSSR count). The molecule has 4 heteroatoms. The van der Waals surface area contributed by atoms with Gasteiger partial charge in [0, 0.05) is 24.4 Å². The third-order valence-electron chi connectivity index (χ3n) is 1.29. The molecular formula is C8H8O2SZn. The minimum atomic E-state index is -0.321. The predicted octanol–water partition coefficient (Wildman–Crippen LogP) is 1.76. The van der Waals surface area contributed by atoms with Gasteiger partial charge in [0.25, 0.3) is 0 Å². The van der Waals surface area contributed by atoms with E-state index in [0.717, 1.165) is 4.90 Å². The van der Waals surface area contributed by atoms with Crippen molar-refractivity contribution in [2.75, 3.05) is 7.11 Å². The zero-order valence-electron chi connectivity index (χ0n) is 6.78. The maximum atomic E-state index is 10.9. The molecule has 0 aromatic heterocycles. The number of thiol groups is 1. The van der Waals surface area contributed by atoms with Gasteiger partial charge in [-0.15, -0.1) is 12.6 Å². The van der Waals surface area contributed by atoms with Gasteiger partial charge in [-0.1, -0.05) is 0 Å². The van der Waals surface area contributed by atoms with Crippen molar-refractivity contribution in [1.29, 1.82) is 0 Å². The standard InChI is InChI=1S/C8H8O2S.Zn/c1-10-8(9)6-2-4-7(11)5-3-6;/h2-5,11H,1H3;. The molecule has 0 spiro atoms. The normalized spacial score (nSPS) is 8.50. The number of methoxy groups -OCH3 is 1. The fraction of sp³-hybridized carbons (Fsp3) is 0.125. The number of esters is 1. The minimum Gasteiger partial charge on any atom is -0.465 e. The van der Waals surface area contributed by atoms with Crippen molar-refractivity contribution in [3.05, 3.63) is 29.8 Å². The molecule has 0 saturated heterocycles. The van der Waals surface area contributed by atoms with Crippen LogP contribution in [0.25, 0.3) is 0 Å². The van der Waals surface area contributed by atoms with E-state index >= 15 is 0 Å². The number of carbonyl (C=O) groups excluding carboxylic acids is 1. The van der Waals surface area contributed by atoms with Gasteiger partial charge >= 0.3 is 5.97 Å². The maximum Gasteiger partial charge on any atom is 0.337 e. The summed E-state index contributed by atoms with van der Waals surface area (Å²) in [4.78, 5) is 11.7. The summed E-state index contributed by atoms with van der Waals surface area (Å²) in [5.41, 5.74) is 0.547. The molecule has 1 aromatic rings. The monoisotopic (exact) mass is 232 g/mol. The Labute approximate surface area is 89.5 Å². The number of benzene rings is 1. The zero-order valence-corrected chi connectivity index (χ0v) is 10.6. The molecule has 0 heterocycles. The van der Waals surface area contributed by atoms with E-state index < -0.39 is 0 Å². The van der Waals surface area contributed by atoms with Crippen LogP contribution >= 0.6 is 12.6 Å². The first-order chi connectivity index (χ1) is 5.24. The summed E-state index contributed by atoms with van der Waals surface area (Å²) in [7, 11) is 1.36. The van der Waals surface area contributed by atoms with Crippen LogP contribution in [-0.2, 0) is 24.2 Å². The fourth-order valence-corrected chi connectivity index (χ4v) is 0.864. The topological polar surface area (TPSA) is 26.3 Å². The fourth-order valence-electron chi connectivity index (χ4n) is 0.715. The van der Waals surface area contributed by atoms with E-state index in [1.54, 1.807) is 24.3 Å². The Bertz CT molecular complexity index is 258. The van der Waals surface area contributed by atoms with Crippen LogP contribution < -0.4 is 0 Å². The molecule has 0 radical (unpaired) electrons. The number of hydrogen-bond donors (Lipinski definition) is 1. The molecule has 12 heavy (non-hydrogen) atoms. The van der Waals surface area contributed by atoms with Gasteiger partial charge in [-0.3, -0.25) is 0 Å². The van der Waals surface area contributed by atoms with E-state index in [2.05, 4.69) is 17.4 Å². The Morgan fingerprint density at radius 1 is 1.33 bits per heavy atom. The molecule has 2 nitrogen and oxygen atoms in total. The van der Waals surface area contributed by atoms with Gasteiger partial charge in [-0.05, 0) is 24.3 Å². The van der Waals surface area contributed by atoms with Gasteiger partial charge in [0.05, 0.1) is 12.7 Å². The first-order valence-corrected chi connectivity index (χ1v) is 3.56. The minimum absolute atomic E-state index is 0. The van der Waals surface area contributed by atoms with Crippen molar-refractivity contribution in [1.82, 2.24) is 0 Å². The zero-order chi connectivity index (χ0) is 8.27. The SMILES string of the molecule is COC(=O)c1ccc(S)cc1.[Zn]. The number of hydrogen-bond acceptors (Lipinski definition) is 3. The molecule has 0 aliphatic heterocycles. The average Bonchev–Trinajstić information content (AvgIpc) is 2.05. The molecular weight excluding hydrogens is 226 g/mol.